The normalized spacial score (nSPS) is 18.1. The SMILES string of the molecule is CSC1(CNCc2ccc(C(=O)O)s2)CCCC1. The van der Waals surface area contributed by atoms with Crippen LogP contribution >= 0.6 is 23.1 Å². The van der Waals surface area contributed by atoms with Crippen molar-refractivity contribution in [1.82, 2.24) is 5.32 Å². The van der Waals surface area contributed by atoms with Crippen molar-refractivity contribution in [2.45, 2.75) is 37.0 Å². The molecule has 0 amide bonds. The van der Waals surface area contributed by atoms with Gasteiger partial charge in [0.1, 0.15) is 4.88 Å². The van der Waals surface area contributed by atoms with Gasteiger partial charge in [0.05, 0.1) is 0 Å². The fourth-order valence-corrected chi connectivity index (χ4v) is 4.23. The quantitative estimate of drug-likeness (QED) is 0.842. The summed E-state index contributed by atoms with van der Waals surface area (Å²) in [6.07, 6.45) is 7.47. The van der Waals surface area contributed by atoms with E-state index in [-0.39, 0.29) is 0 Å². The number of hydrogen-bond donors (Lipinski definition) is 2. The summed E-state index contributed by atoms with van der Waals surface area (Å²) in [5, 5.41) is 12.3. The summed E-state index contributed by atoms with van der Waals surface area (Å²) in [5.41, 5.74) is 0. The van der Waals surface area contributed by atoms with E-state index in [9.17, 15) is 4.79 Å². The molecule has 0 unspecified atom stereocenters. The smallest absolute Gasteiger partial charge is 0.345 e. The van der Waals surface area contributed by atoms with Crippen molar-refractivity contribution in [3.8, 4) is 0 Å². The van der Waals surface area contributed by atoms with Crippen LogP contribution in [-0.2, 0) is 6.54 Å². The number of thiophene rings is 1. The van der Waals surface area contributed by atoms with Gasteiger partial charge in [-0.3, -0.25) is 0 Å². The van der Waals surface area contributed by atoms with E-state index >= 15 is 0 Å². The van der Waals surface area contributed by atoms with Gasteiger partial charge >= 0.3 is 5.97 Å². The van der Waals surface area contributed by atoms with Gasteiger partial charge in [0.15, 0.2) is 0 Å². The topological polar surface area (TPSA) is 49.3 Å². The number of carboxylic acid groups (broad SMARTS) is 1. The molecule has 0 atom stereocenters. The van der Waals surface area contributed by atoms with Gasteiger partial charge in [-0.15, -0.1) is 11.3 Å². The van der Waals surface area contributed by atoms with Gasteiger partial charge in [-0.05, 0) is 31.2 Å². The lowest BCUT2D eigenvalue weighted by molar-refractivity contribution is 0.0702. The molecule has 0 spiro atoms. The second-order valence-corrected chi connectivity index (χ2v) is 7.21. The Morgan fingerprint density at radius 2 is 2.22 bits per heavy atom. The third-order valence-corrected chi connectivity index (χ3v) is 6.06. The first-order valence-corrected chi connectivity index (χ1v) is 8.27. The predicted octanol–water partition coefficient (Wildman–Crippen LogP) is 3.21. The van der Waals surface area contributed by atoms with Gasteiger partial charge in [-0.1, -0.05) is 12.8 Å². The van der Waals surface area contributed by atoms with E-state index in [2.05, 4.69) is 11.6 Å². The number of thioether (sulfide) groups is 1. The van der Waals surface area contributed by atoms with E-state index in [4.69, 9.17) is 5.11 Å². The Morgan fingerprint density at radius 1 is 1.50 bits per heavy atom. The van der Waals surface area contributed by atoms with Gasteiger partial charge in [0.2, 0.25) is 0 Å². The number of hydrogen-bond acceptors (Lipinski definition) is 4. The minimum atomic E-state index is -0.831. The van der Waals surface area contributed by atoms with Crippen molar-refractivity contribution in [2.24, 2.45) is 0 Å². The van der Waals surface area contributed by atoms with Gasteiger partial charge in [0.25, 0.3) is 0 Å². The van der Waals surface area contributed by atoms with Crippen LogP contribution in [0, 0.1) is 0 Å². The largest absolute Gasteiger partial charge is 0.477 e. The molecule has 18 heavy (non-hydrogen) atoms. The number of rotatable bonds is 6. The highest BCUT2D eigenvalue weighted by Gasteiger charge is 2.32. The molecule has 0 aromatic carbocycles. The third-order valence-electron chi connectivity index (χ3n) is 3.57. The van der Waals surface area contributed by atoms with Crippen LogP contribution in [0.15, 0.2) is 12.1 Å². The Labute approximate surface area is 116 Å². The van der Waals surface area contributed by atoms with Crippen molar-refractivity contribution in [3.05, 3.63) is 21.9 Å². The van der Waals surface area contributed by atoms with Crippen molar-refractivity contribution >= 4 is 29.1 Å². The van der Waals surface area contributed by atoms with Crippen LogP contribution in [0.1, 0.15) is 40.2 Å². The van der Waals surface area contributed by atoms with E-state index in [1.165, 1.54) is 37.0 Å². The summed E-state index contributed by atoms with van der Waals surface area (Å²) in [4.78, 5) is 12.3. The monoisotopic (exact) mass is 285 g/mol. The molecule has 1 aromatic rings. The highest BCUT2D eigenvalue weighted by atomic mass is 32.2. The zero-order valence-corrected chi connectivity index (χ0v) is 12.2. The van der Waals surface area contributed by atoms with Crippen LogP contribution in [0.25, 0.3) is 0 Å². The lowest BCUT2D eigenvalue weighted by Gasteiger charge is -2.26. The van der Waals surface area contributed by atoms with Gasteiger partial charge in [-0.2, -0.15) is 11.8 Å². The highest BCUT2D eigenvalue weighted by molar-refractivity contribution is 8.00. The molecule has 1 aliphatic rings. The molecule has 0 bridgehead atoms. The molecular formula is C13H19NO2S2. The summed E-state index contributed by atoms with van der Waals surface area (Å²) in [7, 11) is 0. The summed E-state index contributed by atoms with van der Waals surface area (Å²) in [5.74, 6) is -0.831. The van der Waals surface area contributed by atoms with E-state index in [1.807, 2.05) is 17.8 Å². The Morgan fingerprint density at radius 3 is 2.78 bits per heavy atom. The average Bonchev–Trinajstić information content (AvgIpc) is 2.98. The van der Waals surface area contributed by atoms with Crippen LogP contribution in [0.3, 0.4) is 0 Å². The van der Waals surface area contributed by atoms with Gasteiger partial charge < -0.3 is 10.4 Å². The Bertz CT molecular complexity index is 411. The molecule has 1 saturated carbocycles. The lowest BCUT2D eigenvalue weighted by Crippen LogP contribution is -2.34. The molecule has 0 aliphatic heterocycles. The maximum absolute atomic E-state index is 10.8. The van der Waals surface area contributed by atoms with Crippen LogP contribution < -0.4 is 5.32 Å². The van der Waals surface area contributed by atoms with Crippen molar-refractivity contribution in [1.29, 1.82) is 0 Å². The molecule has 0 saturated heterocycles. The minimum Gasteiger partial charge on any atom is -0.477 e. The van der Waals surface area contributed by atoms with E-state index in [0.29, 0.717) is 9.62 Å². The molecule has 1 aromatic heterocycles. The van der Waals surface area contributed by atoms with Crippen LogP contribution in [-0.4, -0.2) is 28.6 Å². The van der Waals surface area contributed by atoms with E-state index in [1.54, 1.807) is 6.07 Å². The van der Waals surface area contributed by atoms with Crippen LogP contribution in [0.4, 0.5) is 0 Å². The Kier molecular flexibility index (Phi) is 4.70. The molecule has 100 valence electrons. The van der Waals surface area contributed by atoms with Crippen LogP contribution in [0.2, 0.25) is 0 Å². The minimum absolute atomic E-state index is 0.410. The first-order chi connectivity index (χ1) is 8.65. The van der Waals surface area contributed by atoms with Crippen LogP contribution in [0.5, 0.6) is 0 Å². The van der Waals surface area contributed by atoms with Crippen molar-refractivity contribution < 1.29 is 9.90 Å². The summed E-state index contributed by atoms with van der Waals surface area (Å²) < 4.78 is 0.410. The fraction of sp³-hybridized carbons (Fsp3) is 0.615. The number of carbonyl (C=O) groups is 1. The summed E-state index contributed by atoms with van der Waals surface area (Å²) in [6, 6.07) is 3.59. The summed E-state index contributed by atoms with van der Waals surface area (Å²) >= 11 is 3.33. The Hall–Kier alpha value is -0.520. The zero-order valence-electron chi connectivity index (χ0n) is 10.6. The molecular weight excluding hydrogens is 266 g/mol. The van der Waals surface area contributed by atoms with Gasteiger partial charge in [0, 0.05) is 22.7 Å². The Balaban J connectivity index is 1.82. The number of aromatic carboxylic acids is 1. The predicted molar refractivity (Wildman–Crippen MR) is 77.7 cm³/mol. The molecule has 1 fully saturated rings. The maximum atomic E-state index is 10.8. The van der Waals surface area contributed by atoms with Gasteiger partial charge in [-0.25, -0.2) is 4.79 Å². The van der Waals surface area contributed by atoms with E-state index in [0.717, 1.165) is 18.0 Å². The first-order valence-electron chi connectivity index (χ1n) is 6.23. The molecule has 1 aliphatic carbocycles. The molecule has 0 radical (unpaired) electrons. The van der Waals surface area contributed by atoms with Crippen molar-refractivity contribution in [3.63, 3.8) is 0 Å². The summed E-state index contributed by atoms with van der Waals surface area (Å²) in [6.45, 7) is 1.80. The highest BCUT2D eigenvalue weighted by Crippen LogP contribution is 2.39. The second-order valence-electron chi connectivity index (χ2n) is 4.77. The average molecular weight is 285 g/mol. The van der Waals surface area contributed by atoms with Crippen molar-refractivity contribution in [2.75, 3.05) is 12.8 Å². The first kappa shape index (κ1) is 13.9. The molecule has 5 heteroatoms. The molecule has 3 nitrogen and oxygen atoms in total. The standard InChI is InChI=1S/C13H19NO2S2/c1-17-13(6-2-3-7-13)9-14-8-10-4-5-11(18-10)12(15)16/h4-5,14H,2-3,6-9H2,1H3,(H,15,16). The number of nitrogens with one attached hydrogen (secondary N) is 1. The fourth-order valence-electron chi connectivity index (χ4n) is 2.47. The number of carboxylic acids is 1. The van der Waals surface area contributed by atoms with E-state index < -0.39 is 5.97 Å². The maximum Gasteiger partial charge on any atom is 0.345 e. The third kappa shape index (κ3) is 3.28. The lowest BCUT2D eigenvalue weighted by atomic mass is 10.1. The molecule has 2 rings (SSSR count). The zero-order chi connectivity index (χ0) is 13.0. The molecule has 2 N–H and O–H groups in total. The second kappa shape index (κ2) is 6.08. The molecule has 1 heterocycles.